The third-order valence-corrected chi connectivity index (χ3v) is 7.04. The van der Waals surface area contributed by atoms with Gasteiger partial charge < -0.3 is 4.74 Å². The highest BCUT2D eigenvalue weighted by Gasteiger charge is 2.67. The highest BCUT2D eigenvalue weighted by Crippen LogP contribution is 2.65. The SMILES string of the molecule is Cc1cccc(C)c1OC(=O)[C@@H](C)N1C(=O)[C@@H]2[C@@H]3C=C[C@H]([C@H]4C[C@@H]34)[C@@H]2C1=O. The molecular formula is C22H23NO4. The minimum Gasteiger partial charge on any atom is -0.424 e. The van der Waals surface area contributed by atoms with Gasteiger partial charge in [0.25, 0.3) is 0 Å². The standard InChI is InChI=1S/C22H23NO4/c1-10-5-4-6-11(2)19(10)27-22(26)12(3)23-20(24)17-13-7-8-14(16-9-15(13)16)18(17)21(23)25/h4-8,12-18H,9H2,1-3H3/t12-,13-,14-,15-,16+,17+,18-/m1/s1. The summed E-state index contributed by atoms with van der Waals surface area (Å²) in [6.45, 7) is 5.34. The first-order valence-corrected chi connectivity index (χ1v) is 9.73. The van der Waals surface area contributed by atoms with Crippen LogP contribution in [-0.4, -0.2) is 28.7 Å². The topological polar surface area (TPSA) is 63.7 Å². The van der Waals surface area contributed by atoms with Crippen molar-refractivity contribution in [3.05, 3.63) is 41.5 Å². The maximum absolute atomic E-state index is 13.1. The molecule has 1 aromatic carbocycles. The summed E-state index contributed by atoms with van der Waals surface area (Å²) in [5.74, 6) is 0.415. The lowest BCUT2D eigenvalue weighted by molar-refractivity contribution is -0.152. The van der Waals surface area contributed by atoms with Gasteiger partial charge in [0, 0.05) is 0 Å². The van der Waals surface area contributed by atoms with Crippen LogP contribution in [0.5, 0.6) is 5.75 Å². The van der Waals surface area contributed by atoms with Crippen LogP contribution in [0.1, 0.15) is 24.5 Å². The predicted octanol–water partition coefficient (Wildman–Crippen LogP) is 2.65. The van der Waals surface area contributed by atoms with E-state index in [0.717, 1.165) is 17.5 Å². The van der Waals surface area contributed by atoms with E-state index < -0.39 is 12.0 Å². The summed E-state index contributed by atoms with van der Waals surface area (Å²) in [6, 6.07) is 4.73. The van der Waals surface area contributed by atoms with Crippen LogP contribution in [0.2, 0.25) is 0 Å². The van der Waals surface area contributed by atoms with E-state index in [1.807, 2.05) is 32.0 Å². The molecule has 0 radical (unpaired) electrons. The van der Waals surface area contributed by atoms with Gasteiger partial charge >= 0.3 is 5.97 Å². The maximum Gasteiger partial charge on any atom is 0.334 e. The van der Waals surface area contributed by atoms with Crippen molar-refractivity contribution in [2.45, 2.75) is 33.2 Å². The molecule has 1 aliphatic heterocycles. The number of amides is 2. The molecule has 0 spiro atoms. The van der Waals surface area contributed by atoms with Crippen LogP contribution >= 0.6 is 0 Å². The van der Waals surface area contributed by atoms with E-state index >= 15 is 0 Å². The normalized spacial score (nSPS) is 36.5. The summed E-state index contributed by atoms with van der Waals surface area (Å²) in [5, 5.41) is 0. The zero-order valence-corrected chi connectivity index (χ0v) is 15.7. The lowest BCUT2D eigenvalue weighted by Gasteiger charge is -2.37. The van der Waals surface area contributed by atoms with Gasteiger partial charge in [0.05, 0.1) is 11.8 Å². The van der Waals surface area contributed by atoms with Gasteiger partial charge in [-0.05, 0) is 62.0 Å². The van der Waals surface area contributed by atoms with Crippen molar-refractivity contribution < 1.29 is 19.1 Å². The van der Waals surface area contributed by atoms with E-state index in [4.69, 9.17) is 4.74 Å². The second kappa shape index (κ2) is 5.54. The van der Waals surface area contributed by atoms with Crippen molar-refractivity contribution >= 4 is 17.8 Å². The number of para-hydroxylation sites is 1. The zero-order chi connectivity index (χ0) is 19.0. The Morgan fingerprint density at radius 2 is 1.56 bits per heavy atom. The molecule has 5 nitrogen and oxygen atoms in total. The molecular weight excluding hydrogens is 342 g/mol. The van der Waals surface area contributed by atoms with Gasteiger partial charge in [0.15, 0.2) is 0 Å². The first-order chi connectivity index (χ1) is 12.9. The summed E-state index contributed by atoms with van der Waals surface area (Å²) in [4.78, 5) is 40.2. The molecule has 6 rings (SSSR count). The lowest BCUT2D eigenvalue weighted by Crippen LogP contribution is -2.45. The van der Waals surface area contributed by atoms with Crippen molar-refractivity contribution in [3.63, 3.8) is 0 Å². The molecule has 0 N–H and O–H groups in total. The number of hydrogen-bond donors (Lipinski definition) is 0. The van der Waals surface area contributed by atoms with Crippen LogP contribution in [-0.2, 0) is 14.4 Å². The van der Waals surface area contributed by atoms with Crippen LogP contribution in [0.3, 0.4) is 0 Å². The van der Waals surface area contributed by atoms with E-state index in [2.05, 4.69) is 12.2 Å². The Hall–Kier alpha value is -2.43. The van der Waals surface area contributed by atoms with Gasteiger partial charge in [-0.3, -0.25) is 14.5 Å². The third kappa shape index (κ3) is 2.20. The van der Waals surface area contributed by atoms with E-state index in [1.165, 1.54) is 4.90 Å². The van der Waals surface area contributed by atoms with Crippen molar-refractivity contribution in [2.75, 3.05) is 0 Å². The van der Waals surface area contributed by atoms with E-state index in [0.29, 0.717) is 17.6 Å². The van der Waals surface area contributed by atoms with Gasteiger partial charge in [0.1, 0.15) is 11.8 Å². The highest BCUT2D eigenvalue weighted by atomic mass is 16.5. The number of likely N-dealkylation sites (tertiary alicyclic amines) is 1. The number of nitrogens with zero attached hydrogens (tertiary/aromatic N) is 1. The van der Waals surface area contributed by atoms with Gasteiger partial charge in [-0.15, -0.1) is 0 Å². The molecule has 140 valence electrons. The Labute approximate surface area is 158 Å². The van der Waals surface area contributed by atoms with Crippen molar-refractivity contribution in [3.8, 4) is 5.75 Å². The van der Waals surface area contributed by atoms with Crippen LogP contribution in [0.25, 0.3) is 0 Å². The number of imide groups is 1. The fourth-order valence-electron chi connectivity index (χ4n) is 5.61. The Balaban J connectivity index is 1.40. The predicted molar refractivity (Wildman–Crippen MR) is 97.6 cm³/mol. The summed E-state index contributed by atoms with van der Waals surface area (Å²) < 4.78 is 5.60. The molecule has 0 unspecified atom stereocenters. The van der Waals surface area contributed by atoms with E-state index in [-0.39, 0.29) is 35.5 Å². The Bertz CT molecular complexity index is 847. The van der Waals surface area contributed by atoms with Crippen molar-refractivity contribution in [1.82, 2.24) is 4.90 Å². The highest BCUT2D eigenvalue weighted by molar-refractivity contribution is 6.08. The van der Waals surface area contributed by atoms with Crippen molar-refractivity contribution in [1.29, 1.82) is 0 Å². The van der Waals surface area contributed by atoms with Crippen LogP contribution in [0.15, 0.2) is 30.4 Å². The number of carbonyl (C=O) groups is 3. The fourth-order valence-corrected chi connectivity index (χ4v) is 5.61. The first-order valence-electron chi connectivity index (χ1n) is 9.73. The first kappa shape index (κ1) is 16.7. The summed E-state index contributed by atoms with van der Waals surface area (Å²) >= 11 is 0. The molecule has 27 heavy (non-hydrogen) atoms. The summed E-state index contributed by atoms with van der Waals surface area (Å²) in [6.07, 6.45) is 5.39. The molecule has 2 saturated carbocycles. The molecule has 0 aromatic heterocycles. The average molecular weight is 365 g/mol. The Morgan fingerprint density at radius 3 is 2.07 bits per heavy atom. The van der Waals surface area contributed by atoms with Gasteiger partial charge in [-0.1, -0.05) is 30.4 Å². The maximum atomic E-state index is 13.1. The number of hydrogen-bond acceptors (Lipinski definition) is 4. The monoisotopic (exact) mass is 365 g/mol. The van der Waals surface area contributed by atoms with Gasteiger partial charge in [-0.2, -0.15) is 0 Å². The molecule has 1 heterocycles. The van der Waals surface area contributed by atoms with E-state index in [1.54, 1.807) is 6.92 Å². The van der Waals surface area contributed by atoms with Gasteiger partial charge in [0.2, 0.25) is 11.8 Å². The number of ether oxygens (including phenoxy) is 1. The quantitative estimate of drug-likeness (QED) is 0.358. The number of aryl methyl sites for hydroxylation is 2. The molecule has 2 amide bonds. The largest absolute Gasteiger partial charge is 0.424 e. The smallest absolute Gasteiger partial charge is 0.334 e. The number of allylic oxidation sites excluding steroid dienone is 2. The van der Waals surface area contributed by atoms with Crippen LogP contribution in [0, 0.1) is 49.4 Å². The van der Waals surface area contributed by atoms with Crippen molar-refractivity contribution in [2.24, 2.45) is 35.5 Å². The molecule has 1 aromatic rings. The fraction of sp³-hybridized carbons (Fsp3) is 0.500. The van der Waals surface area contributed by atoms with Gasteiger partial charge in [-0.25, -0.2) is 4.79 Å². The second-order valence-electron chi connectivity index (χ2n) is 8.52. The number of esters is 1. The summed E-state index contributed by atoms with van der Waals surface area (Å²) in [7, 11) is 0. The number of rotatable bonds is 3. The number of carbonyl (C=O) groups excluding carboxylic acids is 3. The summed E-state index contributed by atoms with van der Waals surface area (Å²) in [5.41, 5.74) is 1.70. The lowest BCUT2D eigenvalue weighted by atomic mass is 9.63. The number of benzene rings is 1. The molecule has 7 atom stereocenters. The zero-order valence-electron chi connectivity index (χ0n) is 15.7. The Kier molecular flexibility index (Phi) is 3.43. The minimum atomic E-state index is -0.912. The molecule has 4 aliphatic carbocycles. The van der Waals surface area contributed by atoms with Crippen LogP contribution in [0.4, 0.5) is 0 Å². The van der Waals surface area contributed by atoms with E-state index in [9.17, 15) is 14.4 Å². The minimum absolute atomic E-state index is 0.160. The molecule has 5 aliphatic rings. The molecule has 2 bridgehead atoms. The van der Waals surface area contributed by atoms with Crippen LogP contribution < -0.4 is 4.74 Å². The second-order valence-corrected chi connectivity index (χ2v) is 8.52. The molecule has 1 saturated heterocycles. The molecule has 3 fully saturated rings. The molecule has 5 heteroatoms. The average Bonchev–Trinajstić information content (AvgIpc) is 3.42. The third-order valence-electron chi connectivity index (χ3n) is 7.04. The Morgan fingerprint density at radius 1 is 1.04 bits per heavy atom.